The molecule has 1 aromatic heterocycles. The molecule has 0 bridgehead atoms. The molecule has 5 heteroatoms. The second kappa shape index (κ2) is 10.8. The largest absolute Gasteiger partial charge is 0.356 e. The van der Waals surface area contributed by atoms with E-state index in [0.29, 0.717) is 12.1 Å². The molecule has 0 aliphatic heterocycles. The maximum Gasteiger partial charge on any atom is 0.189 e. The van der Waals surface area contributed by atoms with Crippen LogP contribution in [0.4, 0.5) is 5.82 Å². The number of hydrogen-bond acceptors (Lipinski definition) is 5. The fourth-order valence-corrected chi connectivity index (χ4v) is 4.30. The molecule has 28 heavy (non-hydrogen) atoms. The van der Waals surface area contributed by atoms with E-state index in [2.05, 4.69) is 59.5 Å². The van der Waals surface area contributed by atoms with E-state index in [0.717, 1.165) is 30.4 Å². The molecular weight excluding hydrogens is 364 g/mol. The molecule has 0 spiro atoms. The summed E-state index contributed by atoms with van der Waals surface area (Å²) >= 11 is 1.62. The number of aromatic nitrogens is 2. The van der Waals surface area contributed by atoms with E-state index < -0.39 is 0 Å². The molecule has 1 N–H and O–H groups in total. The SMILES string of the molecule is CSc1ncc(CN[C@H](C)CCc2ccccc2)c(N(C)C2CCCCC2)n1. The summed E-state index contributed by atoms with van der Waals surface area (Å²) in [6.07, 6.45) is 12.9. The Morgan fingerprint density at radius 3 is 2.64 bits per heavy atom. The lowest BCUT2D eigenvalue weighted by atomic mass is 9.94. The first-order chi connectivity index (χ1) is 13.7. The molecule has 1 fully saturated rings. The maximum atomic E-state index is 4.88. The number of anilines is 1. The number of benzene rings is 1. The molecule has 0 saturated heterocycles. The lowest BCUT2D eigenvalue weighted by molar-refractivity contribution is 0.424. The van der Waals surface area contributed by atoms with Crippen molar-refractivity contribution < 1.29 is 0 Å². The monoisotopic (exact) mass is 398 g/mol. The van der Waals surface area contributed by atoms with Gasteiger partial charge in [0.2, 0.25) is 0 Å². The van der Waals surface area contributed by atoms with Crippen molar-refractivity contribution in [1.82, 2.24) is 15.3 Å². The van der Waals surface area contributed by atoms with Gasteiger partial charge in [0.25, 0.3) is 0 Å². The van der Waals surface area contributed by atoms with Crippen molar-refractivity contribution in [2.45, 2.75) is 75.7 Å². The van der Waals surface area contributed by atoms with Crippen LogP contribution in [-0.2, 0) is 13.0 Å². The Balaban J connectivity index is 1.62. The molecule has 0 radical (unpaired) electrons. The van der Waals surface area contributed by atoms with Crippen molar-refractivity contribution in [2.75, 3.05) is 18.2 Å². The second-order valence-corrected chi connectivity index (χ2v) is 8.69. The van der Waals surface area contributed by atoms with Gasteiger partial charge in [-0.1, -0.05) is 61.4 Å². The zero-order chi connectivity index (χ0) is 19.8. The van der Waals surface area contributed by atoms with Gasteiger partial charge in [-0.3, -0.25) is 0 Å². The van der Waals surface area contributed by atoms with Crippen LogP contribution in [0.1, 0.15) is 56.6 Å². The molecule has 0 unspecified atom stereocenters. The predicted octanol–water partition coefficient (Wildman–Crippen LogP) is 5.08. The van der Waals surface area contributed by atoms with Gasteiger partial charge in [-0.25, -0.2) is 9.97 Å². The molecule has 152 valence electrons. The van der Waals surface area contributed by atoms with Crippen molar-refractivity contribution in [2.24, 2.45) is 0 Å². The highest BCUT2D eigenvalue weighted by Gasteiger charge is 2.22. The van der Waals surface area contributed by atoms with Crippen LogP contribution in [0.25, 0.3) is 0 Å². The van der Waals surface area contributed by atoms with Gasteiger partial charge in [0, 0.05) is 37.4 Å². The van der Waals surface area contributed by atoms with Crippen LogP contribution in [0.5, 0.6) is 0 Å². The fraction of sp³-hybridized carbons (Fsp3) is 0.565. The molecule has 4 nitrogen and oxygen atoms in total. The van der Waals surface area contributed by atoms with Crippen molar-refractivity contribution in [3.8, 4) is 0 Å². The smallest absolute Gasteiger partial charge is 0.189 e. The average Bonchev–Trinajstić information content (AvgIpc) is 2.77. The Kier molecular flexibility index (Phi) is 8.16. The summed E-state index contributed by atoms with van der Waals surface area (Å²) in [6.45, 7) is 3.08. The highest BCUT2D eigenvalue weighted by Crippen LogP contribution is 2.28. The van der Waals surface area contributed by atoms with E-state index in [-0.39, 0.29) is 0 Å². The third kappa shape index (κ3) is 5.95. The van der Waals surface area contributed by atoms with Gasteiger partial charge < -0.3 is 10.2 Å². The molecule has 1 saturated carbocycles. The normalized spacial score (nSPS) is 16.1. The lowest BCUT2D eigenvalue weighted by Gasteiger charge is -2.33. The molecule has 1 aliphatic carbocycles. The molecule has 1 atom stereocenters. The summed E-state index contributed by atoms with van der Waals surface area (Å²) in [5.74, 6) is 1.11. The van der Waals surface area contributed by atoms with Crippen molar-refractivity contribution in [1.29, 1.82) is 0 Å². The van der Waals surface area contributed by atoms with Gasteiger partial charge in [-0.2, -0.15) is 0 Å². The van der Waals surface area contributed by atoms with E-state index in [1.165, 1.54) is 43.2 Å². The summed E-state index contributed by atoms with van der Waals surface area (Å²) in [7, 11) is 2.21. The van der Waals surface area contributed by atoms with E-state index in [1.807, 2.05) is 12.5 Å². The summed E-state index contributed by atoms with van der Waals surface area (Å²) < 4.78 is 0. The molecule has 1 aromatic carbocycles. The molecule has 3 rings (SSSR count). The van der Waals surface area contributed by atoms with Gasteiger partial charge >= 0.3 is 0 Å². The van der Waals surface area contributed by atoms with Gasteiger partial charge in [-0.15, -0.1) is 0 Å². The van der Waals surface area contributed by atoms with E-state index in [1.54, 1.807) is 11.8 Å². The maximum absolute atomic E-state index is 4.88. The number of nitrogens with zero attached hydrogens (tertiary/aromatic N) is 3. The number of nitrogens with one attached hydrogen (secondary N) is 1. The summed E-state index contributed by atoms with van der Waals surface area (Å²) in [6, 6.07) is 11.8. The van der Waals surface area contributed by atoms with E-state index >= 15 is 0 Å². The molecule has 0 amide bonds. The Bertz CT molecular complexity index is 716. The third-order valence-corrected chi connectivity index (χ3v) is 6.37. The van der Waals surface area contributed by atoms with Crippen LogP contribution in [-0.4, -0.2) is 35.4 Å². The van der Waals surface area contributed by atoms with E-state index in [9.17, 15) is 0 Å². The van der Waals surface area contributed by atoms with Gasteiger partial charge in [0.05, 0.1) is 0 Å². The first kappa shape index (κ1) is 21.1. The minimum atomic E-state index is 0.452. The Morgan fingerprint density at radius 1 is 1.18 bits per heavy atom. The van der Waals surface area contributed by atoms with Crippen LogP contribution in [0.2, 0.25) is 0 Å². The Labute approximate surface area is 174 Å². The molecule has 1 heterocycles. The summed E-state index contributed by atoms with van der Waals surface area (Å²) in [5, 5.41) is 4.55. The number of rotatable bonds is 9. The zero-order valence-corrected chi connectivity index (χ0v) is 18.3. The van der Waals surface area contributed by atoms with Crippen LogP contribution in [0.3, 0.4) is 0 Å². The topological polar surface area (TPSA) is 41.1 Å². The Morgan fingerprint density at radius 2 is 1.93 bits per heavy atom. The zero-order valence-electron chi connectivity index (χ0n) is 17.5. The first-order valence-electron chi connectivity index (χ1n) is 10.6. The van der Waals surface area contributed by atoms with Gasteiger partial charge in [0.15, 0.2) is 5.16 Å². The van der Waals surface area contributed by atoms with Gasteiger partial charge in [-0.05, 0) is 44.4 Å². The fourth-order valence-electron chi connectivity index (χ4n) is 3.97. The van der Waals surface area contributed by atoms with Crippen LogP contribution in [0, 0.1) is 0 Å². The predicted molar refractivity (Wildman–Crippen MR) is 120 cm³/mol. The summed E-state index contributed by atoms with van der Waals surface area (Å²) in [5.41, 5.74) is 2.61. The van der Waals surface area contributed by atoms with Crippen molar-refractivity contribution >= 4 is 17.6 Å². The minimum Gasteiger partial charge on any atom is -0.356 e. The average molecular weight is 399 g/mol. The van der Waals surface area contributed by atoms with Crippen LogP contribution < -0.4 is 10.2 Å². The molecular formula is C23H34N4S. The quantitative estimate of drug-likeness (QED) is 0.471. The van der Waals surface area contributed by atoms with Crippen molar-refractivity contribution in [3.63, 3.8) is 0 Å². The second-order valence-electron chi connectivity index (χ2n) is 7.91. The molecule has 2 aromatic rings. The first-order valence-corrected chi connectivity index (χ1v) is 11.8. The van der Waals surface area contributed by atoms with Crippen LogP contribution >= 0.6 is 11.8 Å². The lowest BCUT2D eigenvalue weighted by Crippen LogP contribution is -2.35. The standard InChI is InChI=1S/C23H34N4S/c1-18(14-15-19-10-6-4-7-11-19)24-16-20-17-25-23(28-3)26-22(20)27(2)21-12-8-5-9-13-21/h4,6-7,10-11,17-18,21,24H,5,8-9,12-16H2,1-3H3/t18-/m1/s1. The third-order valence-electron chi connectivity index (χ3n) is 5.81. The van der Waals surface area contributed by atoms with E-state index in [4.69, 9.17) is 4.98 Å². The van der Waals surface area contributed by atoms with Crippen LogP contribution in [0.15, 0.2) is 41.7 Å². The minimum absolute atomic E-state index is 0.452. The number of thioether (sulfide) groups is 1. The summed E-state index contributed by atoms with van der Waals surface area (Å²) in [4.78, 5) is 11.8. The highest BCUT2D eigenvalue weighted by molar-refractivity contribution is 7.98. The highest BCUT2D eigenvalue weighted by atomic mass is 32.2. The number of hydrogen-bond donors (Lipinski definition) is 1. The molecule has 1 aliphatic rings. The Hall–Kier alpha value is -1.59. The van der Waals surface area contributed by atoms with Crippen molar-refractivity contribution in [3.05, 3.63) is 47.7 Å². The van der Waals surface area contributed by atoms with Gasteiger partial charge in [0.1, 0.15) is 5.82 Å². The number of aryl methyl sites for hydroxylation is 1.